The van der Waals surface area contributed by atoms with E-state index in [1.54, 1.807) is 24.4 Å². The highest BCUT2D eigenvalue weighted by molar-refractivity contribution is 5.76. The number of aromatic nitrogens is 2. The molecule has 3 rings (SSSR count). The van der Waals surface area contributed by atoms with Gasteiger partial charge in [-0.1, -0.05) is 6.07 Å². The first-order valence-corrected chi connectivity index (χ1v) is 6.84. The van der Waals surface area contributed by atoms with Crippen LogP contribution >= 0.6 is 0 Å². The van der Waals surface area contributed by atoms with Crippen LogP contribution in [-0.2, 0) is 0 Å². The summed E-state index contributed by atoms with van der Waals surface area (Å²) < 4.78 is 1.54. The molecule has 20 heavy (non-hydrogen) atoms. The molecule has 2 aromatic heterocycles. The molecule has 7 heteroatoms. The highest BCUT2D eigenvalue weighted by Crippen LogP contribution is 2.28. The summed E-state index contributed by atoms with van der Waals surface area (Å²) in [5.41, 5.74) is 0.563. The van der Waals surface area contributed by atoms with Crippen molar-refractivity contribution in [3.63, 3.8) is 0 Å². The largest absolute Gasteiger partial charge is 0.362 e. The summed E-state index contributed by atoms with van der Waals surface area (Å²) in [5, 5.41) is 18.6. The Labute approximate surface area is 116 Å². The summed E-state index contributed by atoms with van der Waals surface area (Å²) in [6.07, 6.45) is 4.21. The number of nitrogens with one attached hydrogen (secondary N) is 1. The van der Waals surface area contributed by atoms with Crippen LogP contribution in [0.3, 0.4) is 0 Å². The maximum absolute atomic E-state index is 11.2. The van der Waals surface area contributed by atoms with E-state index in [1.165, 1.54) is 17.4 Å². The van der Waals surface area contributed by atoms with Crippen LogP contribution in [0.2, 0.25) is 0 Å². The number of nitro groups is 1. The molecular weight excluding hydrogens is 258 g/mol. The van der Waals surface area contributed by atoms with Gasteiger partial charge in [0.15, 0.2) is 0 Å². The quantitative estimate of drug-likeness (QED) is 0.664. The minimum Gasteiger partial charge on any atom is -0.362 e. The zero-order valence-corrected chi connectivity index (χ0v) is 11.2. The molecule has 1 aliphatic heterocycles. The van der Waals surface area contributed by atoms with Crippen LogP contribution in [0, 0.1) is 10.1 Å². The summed E-state index contributed by atoms with van der Waals surface area (Å²) >= 11 is 0. The van der Waals surface area contributed by atoms with E-state index in [9.17, 15) is 10.1 Å². The Kier molecular flexibility index (Phi) is 3.51. The van der Waals surface area contributed by atoms with Crippen LogP contribution in [-0.4, -0.2) is 45.6 Å². The molecule has 0 amide bonds. The second-order valence-electron chi connectivity index (χ2n) is 4.96. The van der Waals surface area contributed by atoms with E-state index in [1.807, 2.05) is 0 Å². The molecule has 0 spiro atoms. The molecule has 0 aromatic carbocycles. The van der Waals surface area contributed by atoms with E-state index in [2.05, 4.69) is 15.3 Å². The van der Waals surface area contributed by atoms with Crippen LogP contribution in [0.5, 0.6) is 0 Å². The lowest BCUT2D eigenvalue weighted by Gasteiger charge is -2.14. The molecule has 0 atom stereocenters. The molecule has 0 aliphatic carbocycles. The van der Waals surface area contributed by atoms with E-state index < -0.39 is 0 Å². The van der Waals surface area contributed by atoms with Gasteiger partial charge in [-0.3, -0.25) is 10.1 Å². The van der Waals surface area contributed by atoms with Gasteiger partial charge in [-0.25, -0.2) is 4.52 Å². The first kappa shape index (κ1) is 12.9. The fourth-order valence-corrected chi connectivity index (χ4v) is 2.62. The molecule has 7 nitrogen and oxygen atoms in total. The molecule has 0 saturated carbocycles. The number of nitrogens with zero attached hydrogens (tertiary/aromatic N) is 4. The SMILES string of the molecule is O=[N+]([O-])c1c(NCCN2CCCC2)nn2ccccc12. The fraction of sp³-hybridized carbons (Fsp3) is 0.462. The van der Waals surface area contributed by atoms with E-state index in [-0.39, 0.29) is 10.6 Å². The molecule has 1 saturated heterocycles. The first-order valence-electron chi connectivity index (χ1n) is 6.84. The Morgan fingerprint density at radius 2 is 2.15 bits per heavy atom. The van der Waals surface area contributed by atoms with Gasteiger partial charge in [0.1, 0.15) is 5.52 Å². The molecule has 106 valence electrons. The standard InChI is InChI=1S/C13H17N5O2/c19-18(20)12-11-5-1-2-9-17(11)15-13(12)14-6-10-16-7-3-4-8-16/h1-2,5,9H,3-4,6-8,10H2,(H,14,15). The number of hydrogen-bond acceptors (Lipinski definition) is 5. The van der Waals surface area contributed by atoms with Crippen molar-refractivity contribution in [3.05, 3.63) is 34.5 Å². The van der Waals surface area contributed by atoms with E-state index in [0.29, 0.717) is 17.9 Å². The first-order chi connectivity index (χ1) is 9.75. The lowest BCUT2D eigenvalue weighted by atomic mass is 10.3. The second-order valence-corrected chi connectivity index (χ2v) is 4.96. The number of anilines is 1. The van der Waals surface area contributed by atoms with Crippen molar-refractivity contribution >= 4 is 17.0 Å². The van der Waals surface area contributed by atoms with Crippen LogP contribution in [0.4, 0.5) is 11.5 Å². The molecule has 1 fully saturated rings. The lowest BCUT2D eigenvalue weighted by Crippen LogP contribution is -2.26. The van der Waals surface area contributed by atoms with Crippen molar-refractivity contribution in [1.29, 1.82) is 0 Å². The number of rotatable bonds is 5. The normalized spacial score (nSPS) is 15.8. The van der Waals surface area contributed by atoms with Gasteiger partial charge in [0.25, 0.3) is 0 Å². The maximum atomic E-state index is 11.2. The summed E-state index contributed by atoms with van der Waals surface area (Å²) in [5.74, 6) is 0.348. The molecule has 0 radical (unpaired) electrons. The number of likely N-dealkylation sites (tertiary alicyclic amines) is 1. The van der Waals surface area contributed by atoms with Crippen molar-refractivity contribution < 1.29 is 4.92 Å². The Morgan fingerprint density at radius 3 is 2.90 bits per heavy atom. The van der Waals surface area contributed by atoms with Gasteiger partial charge < -0.3 is 10.2 Å². The Hall–Kier alpha value is -2.15. The second kappa shape index (κ2) is 5.46. The van der Waals surface area contributed by atoms with Gasteiger partial charge in [0, 0.05) is 19.3 Å². The monoisotopic (exact) mass is 275 g/mol. The third-order valence-corrected chi connectivity index (χ3v) is 3.62. The number of fused-ring (bicyclic) bond motifs is 1. The van der Waals surface area contributed by atoms with Crippen LogP contribution < -0.4 is 5.32 Å². The third-order valence-electron chi connectivity index (χ3n) is 3.62. The van der Waals surface area contributed by atoms with Crippen LogP contribution in [0.15, 0.2) is 24.4 Å². The average molecular weight is 275 g/mol. The summed E-state index contributed by atoms with van der Waals surface area (Å²) in [7, 11) is 0. The predicted octanol–water partition coefficient (Wildman–Crippen LogP) is 1.75. The van der Waals surface area contributed by atoms with Gasteiger partial charge in [0.05, 0.1) is 4.92 Å². The third kappa shape index (κ3) is 2.44. The van der Waals surface area contributed by atoms with Crippen molar-refractivity contribution in [2.75, 3.05) is 31.5 Å². The van der Waals surface area contributed by atoms with Crippen LogP contribution in [0.25, 0.3) is 5.52 Å². The molecule has 0 unspecified atom stereocenters. The number of pyridine rings is 1. The van der Waals surface area contributed by atoms with Crippen molar-refractivity contribution in [3.8, 4) is 0 Å². The highest BCUT2D eigenvalue weighted by atomic mass is 16.6. The highest BCUT2D eigenvalue weighted by Gasteiger charge is 2.23. The molecule has 0 bridgehead atoms. The maximum Gasteiger partial charge on any atom is 0.338 e. The zero-order valence-electron chi connectivity index (χ0n) is 11.2. The molecule has 1 N–H and O–H groups in total. The van der Waals surface area contributed by atoms with Crippen molar-refractivity contribution in [1.82, 2.24) is 14.5 Å². The summed E-state index contributed by atoms with van der Waals surface area (Å²) in [6.45, 7) is 3.81. The Bertz CT molecular complexity index is 618. The Balaban J connectivity index is 1.76. The van der Waals surface area contributed by atoms with Gasteiger partial charge in [-0.05, 0) is 38.1 Å². The van der Waals surface area contributed by atoms with E-state index in [0.717, 1.165) is 19.6 Å². The van der Waals surface area contributed by atoms with Gasteiger partial charge in [0.2, 0.25) is 5.82 Å². The lowest BCUT2D eigenvalue weighted by molar-refractivity contribution is -0.382. The van der Waals surface area contributed by atoms with Crippen LogP contribution in [0.1, 0.15) is 12.8 Å². The summed E-state index contributed by atoms with van der Waals surface area (Å²) in [6, 6.07) is 5.28. The number of hydrogen-bond donors (Lipinski definition) is 1. The topological polar surface area (TPSA) is 75.7 Å². The molecule has 3 heterocycles. The van der Waals surface area contributed by atoms with E-state index >= 15 is 0 Å². The summed E-state index contributed by atoms with van der Waals surface area (Å²) in [4.78, 5) is 13.2. The molecule has 1 aliphatic rings. The Morgan fingerprint density at radius 1 is 1.35 bits per heavy atom. The van der Waals surface area contributed by atoms with Gasteiger partial charge in [-0.15, -0.1) is 5.10 Å². The van der Waals surface area contributed by atoms with Gasteiger partial charge in [-0.2, -0.15) is 0 Å². The minimum absolute atomic E-state index is 0.0482. The van der Waals surface area contributed by atoms with Crippen molar-refractivity contribution in [2.24, 2.45) is 0 Å². The zero-order chi connectivity index (χ0) is 13.9. The van der Waals surface area contributed by atoms with E-state index in [4.69, 9.17) is 0 Å². The fourth-order valence-electron chi connectivity index (χ4n) is 2.62. The minimum atomic E-state index is -0.374. The van der Waals surface area contributed by atoms with Crippen molar-refractivity contribution in [2.45, 2.75) is 12.8 Å². The predicted molar refractivity (Wildman–Crippen MR) is 76.0 cm³/mol. The molecule has 2 aromatic rings. The van der Waals surface area contributed by atoms with Gasteiger partial charge >= 0.3 is 5.69 Å². The molecular formula is C13H17N5O2. The average Bonchev–Trinajstić information content (AvgIpc) is 3.05. The smallest absolute Gasteiger partial charge is 0.338 e.